The van der Waals surface area contributed by atoms with Gasteiger partial charge in [-0.25, -0.2) is 0 Å². The maximum absolute atomic E-state index is 13.1. The summed E-state index contributed by atoms with van der Waals surface area (Å²) in [6.45, 7) is 3.47. The van der Waals surface area contributed by atoms with E-state index in [1.165, 1.54) is 12.1 Å². The Kier molecular flexibility index (Phi) is 8.03. The predicted octanol–water partition coefficient (Wildman–Crippen LogP) is 2.40. The molecule has 1 N–H and O–H groups in total. The average molecular weight is 414 g/mol. The van der Waals surface area contributed by atoms with E-state index in [1.807, 2.05) is 4.90 Å². The minimum absolute atomic E-state index is 0. The van der Waals surface area contributed by atoms with Crippen LogP contribution in [0.4, 0.5) is 5.69 Å². The number of non-ortho nitro benzene ring substituents is 1. The van der Waals surface area contributed by atoms with Crippen molar-refractivity contribution in [3.63, 3.8) is 0 Å². The molecule has 28 heavy (non-hydrogen) atoms. The van der Waals surface area contributed by atoms with Crippen molar-refractivity contribution in [3.8, 4) is 5.75 Å². The molecule has 9 heteroatoms. The minimum atomic E-state index is -0.426. The number of nitrogens with one attached hydrogen (secondary N) is 1. The van der Waals surface area contributed by atoms with Gasteiger partial charge in [-0.15, -0.1) is 12.4 Å². The number of methoxy groups -OCH3 is 1. The lowest BCUT2D eigenvalue weighted by molar-refractivity contribution is -0.384. The molecule has 156 valence electrons. The van der Waals surface area contributed by atoms with Crippen LogP contribution in [0.3, 0.4) is 0 Å². The van der Waals surface area contributed by atoms with Gasteiger partial charge in [0.25, 0.3) is 5.69 Å². The molecule has 1 aromatic carbocycles. The molecule has 0 aliphatic carbocycles. The average Bonchev–Trinajstić information content (AvgIpc) is 2.69. The molecule has 0 spiro atoms. The molecule has 0 aromatic heterocycles. The highest BCUT2D eigenvalue weighted by Crippen LogP contribution is 2.33. The number of carbonyl (C=O) groups excluding carboxylic acids is 1. The number of rotatable bonds is 6. The Hall–Kier alpha value is -1.90. The van der Waals surface area contributed by atoms with Gasteiger partial charge in [0.15, 0.2) is 0 Å². The van der Waals surface area contributed by atoms with Crippen LogP contribution in [0.15, 0.2) is 24.3 Å². The Morgan fingerprint density at radius 3 is 2.39 bits per heavy atom. The fourth-order valence-corrected chi connectivity index (χ4v) is 3.95. The summed E-state index contributed by atoms with van der Waals surface area (Å²) in [5.74, 6) is 0.819. The standard InChI is InChI=1S/C19H27N3O5.ClH/c1-26-14-19(8-10-20-11-9-19)18(23)21-12-6-17(7-13-21)27-16-4-2-15(3-5-16)22(24)25;/h2-5,17,20H,6-14H2,1H3;1H. The van der Waals surface area contributed by atoms with Crippen LogP contribution in [0.1, 0.15) is 25.7 Å². The van der Waals surface area contributed by atoms with E-state index in [1.54, 1.807) is 19.2 Å². The summed E-state index contributed by atoms with van der Waals surface area (Å²) in [4.78, 5) is 25.4. The maximum Gasteiger partial charge on any atom is 0.269 e. The second-order valence-corrected chi connectivity index (χ2v) is 7.32. The number of nitrogens with zero attached hydrogens (tertiary/aromatic N) is 2. The highest BCUT2D eigenvalue weighted by Gasteiger charge is 2.43. The number of amides is 1. The Morgan fingerprint density at radius 1 is 1.25 bits per heavy atom. The van der Waals surface area contributed by atoms with Crippen molar-refractivity contribution in [1.29, 1.82) is 0 Å². The van der Waals surface area contributed by atoms with Crippen molar-refractivity contribution >= 4 is 24.0 Å². The van der Waals surface area contributed by atoms with Crippen molar-refractivity contribution in [2.24, 2.45) is 5.41 Å². The Labute approximate surface area is 171 Å². The highest BCUT2D eigenvalue weighted by atomic mass is 35.5. The van der Waals surface area contributed by atoms with E-state index < -0.39 is 10.3 Å². The van der Waals surface area contributed by atoms with Gasteiger partial charge in [0.2, 0.25) is 5.91 Å². The predicted molar refractivity (Wildman–Crippen MR) is 107 cm³/mol. The van der Waals surface area contributed by atoms with Crippen LogP contribution >= 0.6 is 12.4 Å². The second kappa shape index (κ2) is 10.0. The van der Waals surface area contributed by atoms with Crippen LogP contribution in [-0.4, -0.2) is 61.7 Å². The fraction of sp³-hybridized carbons (Fsp3) is 0.632. The van der Waals surface area contributed by atoms with Gasteiger partial charge in [-0.1, -0.05) is 0 Å². The van der Waals surface area contributed by atoms with E-state index in [0.29, 0.717) is 25.4 Å². The first-order chi connectivity index (χ1) is 13.0. The first kappa shape index (κ1) is 22.4. The first-order valence-corrected chi connectivity index (χ1v) is 9.44. The van der Waals surface area contributed by atoms with E-state index in [0.717, 1.165) is 38.8 Å². The molecule has 2 aliphatic heterocycles. The number of piperidine rings is 2. The summed E-state index contributed by atoms with van der Waals surface area (Å²) < 4.78 is 11.3. The Balaban J connectivity index is 0.00000280. The van der Waals surface area contributed by atoms with E-state index in [-0.39, 0.29) is 30.1 Å². The summed E-state index contributed by atoms with van der Waals surface area (Å²) in [6, 6.07) is 6.13. The van der Waals surface area contributed by atoms with Crippen molar-refractivity contribution in [3.05, 3.63) is 34.4 Å². The molecule has 3 rings (SSSR count). The number of carbonyl (C=O) groups is 1. The van der Waals surface area contributed by atoms with Crippen molar-refractivity contribution in [2.75, 3.05) is 39.9 Å². The van der Waals surface area contributed by atoms with Gasteiger partial charge in [-0.2, -0.15) is 0 Å². The lowest BCUT2D eigenvalue weighted by atomic mass is 9.78. The maximum atomic E-state index is 13.1. The first-order valence-electron chi connectivity index (χ1n) is 9.44. The Bertz CT molecular complexity index is 651. The van der Waals surface area contributed by atoms with Gasteiger partial charge in [0.05, 0.1) is 16.9 Å². The third kappa shape index (κ3) is 5.12. The monoisotopic (exact) mass is 413 g/mol. The molecular weight excluding hydrogens is 386 g/mol. The van der Waals surface area contributed by atoms with Gasteiger partial charge in [-0.05, 0) is 38.1 Å². The number of likely N-dealkylation sites (tertiary alicyclic amines) is 1. The zero-order valence-corrected chi connectivity index (χ0v) is 16.9. The number of hydrogen-bond acceptors (Lipinski definition) is 6. The molecule has 0 unspecified atom stereocenters. The summed E-state index contributed by atoms with van der Waals surface area (Å²) in [7, 11) is 1.65. The number of hydrogen-bond donors (Lipinski definition) is 1. The molecule has 2 saturated heterocycles. The highest BCUT2D eigenvalue weighted by molar-refractivity contribution is 5.85. The number of nitro groups is 1. The van der Waals surface area contributed by atoms with Crippen LogP contribution in [0, 0.1) is 15.5 Å². The number of benzene rings is 1. The molecule has 2 fully saturated rings. The SMILES string of the molecule is COCC1(C(=O)N2CCC(Oc3ccc([N+](=O)[O-])cc3)CC2)CCNCC1.Cl. The van der Waals surface area contributed by atoms with E-state index in [9.17, 15) is 14.9 Å². The third-order valence-corrected chi connectivity index (χ3v) is 5.51. The molecule has 2 heterocycles. The molecule has 2 aliphatic rings. The summed E-state index contributed by atoms with van der Waals surface area (Å²) in [5, 5.41) is 14.0. The minimum Gasteiger partial charge on any atom is -0.490 e. The molecule has 0 bridgehead atoms. The molecular formula is C19H28ClN3O5. The fourth-order valence-electron chi connectivity index (χ4n) is 3.95. The molecule has 0 atom stereocenters. The van der Waals surface area contributed by atoms with Gasteiger partial charge in [0, 0.05) is 45.2 Å². The zero-order valence-electron chi connectivity index (χ0n) is 16.1. The van der Waals surface area contributed by atoms with Crippen LogP contribution in [0.5, 0.6) is 5.75 Å². The number of ether oxygens (including phenoxy) is 2. The summed E-state index contributed by atoms with van der Waals surface area (Å²) in [6.07, 6.45) is 3.13. The lowest BCUT2D eigenvalue weighted by Gasteiger charge is -2.41. The van der Waals surface area contributed by atoms with Gasteiger partial charge in [0.1, 0.15) is 11.9 Å². The van der Waals surface area contributed by atoms with Crippen LogP contribution in [-0.2, 0) is 9.53 Å². The smallest absolute Gasteiger partial charge is 0.269 e. The summed E-state index contributed by atoms with van der Waals surface area (Å²) >= 11 is 0. The van der Waals surface area contributed by atoms with E-state index in [2.05, 4.69) is 5.32 Å². The molecule has 0 radical (unpaired) electrons. The van der Waals surface area contributed by atoms with E-state index >= 15 is 0 Å². The largest absolute Gasteiger partial charge is 0.490 e. The van der Waals surface area contributed by atoms with Crippen molar-refractivity contribution in [1.82, 2.24) is 10.2 Å². The van der Waals surface area contributed by atoms with Crippen LogP contribution < -0.4 is 10.1 Å². The molecule has 0 saturated carbocycles. The molecule has 1 aromatic rings. The number of nitro benzene ring substituents is 1. The van der Waals surface area contributed by atoms with Crippen LogP contribution in [0.25, 0.3) is 0 Å². The third-order valence-electron chi connectivity index (χ3n) is 5.51. The van der Waals surface area contributed by atoms with E-state index in [4.69, 9.17) is 9.47 Å². The normalized spacial score (nSPS) is 19.5. The van der Waals surface area contributed by atoms with Gasteiger partial charge >= 0.3 is 0 Å². The van der Waals surface area contributed by atoms with Crippen LogP contribution in [0.2, 0.25) is 0 Å². The Morgan fingerprint density at radius 2 is 1.86 bits per heavy atom. The van der Waals surface area contributed by atoms with Crippen molar-refractivity contribution < 1.29 is 19.2 Å². The lowest BCUT2D eigenvalue weighted by Crippen LogP contribution is -2.54. The number of halogens is 1. The molecule has 8 nitrogen and oxygen atoms in total. The topological polar surface area (TPSA) is 93.9 Å². The van der Waals surface area contributed by atoms with Crippen molar-refractivity contribution in [2.45, 2.75) is 31.8 Å². The quantitative estimate of drug-likeness (QED) is 0.568. The van der Waals surface area contributed by atoms with Gasteiger partial charge in [-0.3, -0.25) is 14.9 Å². The zero-order chi connectivity index (χ0) is 19.3. The van der Waals surface area contributed by atoms with Gasteiger partial charge < -0.3 is 19.7 Å². The molecule has 1 amide bonds. The second-order valence-electron chi connectivity index (χ2n) is 7.32. The summed E-state index contributed by atoms with van der Waals surface area (Å²) in [5.41, 5.74) is -0.361.